The molecule has 0 aliphatic rings. The molecule has 3 heterocycles. The van der Waals surface area contributed by atoms with E-state index in [-0.39, 0.29) is 5.82 Å². The number of hydrogen-bond acceptors (Lipinski definition) is 6. The maximum absolute atomic E-state index is 14.4. The summed E-state index contributed by atoms with van der Waals surface area (Å²) in [5.74, 6) is 0.545. The molecule has 6 nitrogen and oxygen atoms in total. The fraction of sp³-hybridized carbons (Fsp3) is 0.136. The largest absolute Gasteiger partial charge is 0.479 e. The molecule has 0 radical (unpaired) electrons. The fourth-order valence-electron chi connectivity index (χ4n) is 3.22. The van der Waals surface area contributed by atoms with Gasteiger partial charge in [0.25, 0.3) is 0 Å². The van der Waals surface area contributed by atoms with E-state index in [9.17, 15) is 4.39 Å². The molecule has 0 saturated carbocycles. The van der Waals surface area contributed by atoms with Crippen LogP contribution in [0.4, 0.5) is 10.2 Å². The van der Waals surface area contributed by atoms with Crippen LogP contribution in [0.1, 0.15) is 12.5 Å². The van der Waals surface area contributed by atoms with Gasteiger partial charge < -0.3 is 4.74 Å². The van der Waals surface area contributed by atoms with Crippen LogP contribution in [0.15, 0.2) is 53.8 Å². The zero-order valence-corrected chi connectivity index (χ0v) is 16.2. The summed E-state index contributed by atoms with van der Waals surface area (Å²) in [4.78, 5) is 13.1. The Morgan fingerprint density at radius 1 is 1.07 bits per heavy atom. The summed E-state index contributed by atoms with van der Waals surface area (Å²) in [6.07, 6.45) is 5.03. The second-order valence-electron chi connectivity index (χ2n) is 6.35. The lowest BCUT2D eigenvalue weighted by atomic mass is 9.99. The molecule has 1 aromatic carbocycles. The number of pyridine rings is 2. The van der Waals surface area contributed by atoms with Gasteiger partial charge in [-0.3, -0.25) is 4.98 Å². The summed E-state index contributed by atoms with van der Waals surface area (Å²) >= 11 is 0. The number of hydrogen-bond donors (Lipinski definition) is 0. The van der Waals surface area contributed by atoms with Gasteiger partial charge in [0.2, 0.25) is 5.88 Å². The second-order valence-corrected chi connectivity index (χ2v) is 6.35. The van der Waals surface area contributed by atoms with Crippen molar-refractivity contribution in [2.45, 2.75) is 13.8 Å². The van der Waals surface area contributed by atoms with Gasteiger partial charge in [0.1, 0.15) is 11.5 Å². The van der Waals surface area contributed by atoms with E-state index in [1.54, 1.807) is 36.8 Å². The van der Waals surface area contributed by atoms with Crippen molar-refractivity contribution in [3.63, 3.8) is 0 Å². The molecule has 0 atom stereocenters. The van der Waals surface area contributed by atoms with Gasteiger partial charge in [-0.1, -0.05) is 12.1 Å². The van der Waals surface area contributed by atoms with E-state index in [1.807, 2.05) is 26.0 Å². The number of methoxy groups -OCH3 is 1. The average molecular weight is 387 g/mol. The average Bonchev–Trinajstić information content (AvgIpc) is 2.75. The van der Waals surface area contributed by atoms with Crippen molar-refractivity contribution in [3.8, 4) is 28.4 Å². The van der Waals surface area contributed by atoms with E-state index < -0.39 is 0 Å². The zero-order chi connectivity index (χ0) is 20.4. The van der Waals surface area contributed by atoms with Crippen molar-refractivity contribution < 1.29 is 9.13 Å². The van der Waals surface area contributed by atoms with Crippen molar-refractivity contribution in [1.82, 2.24) is 20.2 Å². The minimum atomic E-state index is -0.351. The van der Waals surface area contributed by atoms with Gasteiger partial charge in [-0.05, 0) is 38.1 Å². The maximum atomic E-state index is 14.4. The number of fused-ring (bicyclic) bond motifs is 1. The smallest absolute Gasteiger partial charge is 0.242 e. The van der Waals surface area contributed by atoms with E-state index >= 15 is 0 Å². The quantitative estimate of drug-likeness (QED) is 0.464. The molecule has 0 N–H and O–H groups in total. The van der Waals surface area contributed by atoms with Crippen LogP contribution in [0.25, 0.3) is 33.3 Å². The molecule has 144 valence electrons. The highest BCUT2D eigenvalue weighted by Crippen LogP contribution is 2.37. The highest BCUT2D eigenvalue weighted by atomic mass is 19.1. The zero-order valence-electron chi connectivity index (χ0n) is 16.2. The van der Waals surface area contributed by atoms with Crippen LogP contribution < -0.4 is 4.74 Å². The molecule has 0 fully saturated rings. The van der Waals surface area contributed by atoms with Crippen LogP contribution >= 0.6 is 0 Å². The molecule has 0 aliphatic carbocycles. The second kappa shape index (κ2) is 7.71. The number of aliphatic imine (C=N–C) groups is 1. The van der Waals surface area contributed by atoms with Crippen molar-refractivity contribution in [1.29, 1.82) is 0 Å². The number of halogens is 1. The van der Waals surface area contributed by atoms with E-state index in [1.165, 1.54) is 13.2 Å². The number of nitrogens with zero attached hydrogens (tertiary/aromatic N) is 5. The van der Waals surface area contributed by atoms with E-state index in [0.29, 0.717) is 28.6 Å². The van der Waals surface area contributed by atoms with Crippen molar-refractivity contribution in [2.75, 3.05) is 7.11 Å². The fourth-order valence-corrected chi connectivity index (χ4v) is 3.22. The van der Waals surface area contributed by atoms with Gasteiger partial charge in [0.05, 0.1) is 18.2 Å². The van der Waals surface area contributed by atoms with Crippen molar-refractivity contribution in [2.24, 2.45) is 4.99 Å². The molecule has 4 rings (SSSR count). The Hall–Kier alpha value is -3.74. The third-order valence-electron chi connectivity index (χ3n) is 4.64. The van der Waals surface area contributed by atoms with E-state index in [2.05, 4.69) is 25.2 Å². The predicted molar refractivity (Wildman–Crippen MR) is 111 cm³/mol. The number of aromatic nitrogens is 4. The first-order valence-corrected chi connectivity index (χ1v) is 9.04. The number of ether oxygens (including phenoxy) is 1. The molecule has 3 aromatic heterocycles. The first-order valence-electron chi connectivity index (χ1n) is 9.04. The molecule has 0 aliphatic heterocycles. The Morgan fingerprint density at radius 2 is 1.90 bits per heavy atom. The third kappa shape index (κ3) is 3.31. The minimum Gasteiger partial charge on any atom is -0.479 e. The van der Waals surface area contributed by atoms with Crippen LogP contribution in [0.2, 0.25) is 0 Å². The summed E-state index contributed by atoms with van der Waals surface area (Å²) < 4.78 is 19.8. The first kappa shape index (κ1) is 18.6. The minimum absolute atomic E-state index is 0.351. The summed E-state index contributed by atoms with van der Waals surface area (Å²) in [5, 5.41) is 10.2. The van der Waals surface area contributed by atoms with Gasteiger partial charge in [0, 0.05) is 40.7 Å². The van der Waals surface area contributed by atoms with Gasteiger partial charge in [0.15, 0.2) is 5.82 Å². The Morgan fingerprint density at radius 3 is 2.66 bits per heavy atom. The maximum Gasteiger partial charge on any atom is 0.242 e. The topological polar surface area (TPSA) is 73.2 Å². The summed E-state index contributed by atoms with van der Waals surface area (Å²) in [5.41, 5.74) is 3.09. The molecule has 0 bridgehead atoms. The summed E-state index contributed by atoms with van der Waals surface area (Å²) in [6, 6.07) is 10.2. The third-order valence-corrected chi connectivity index (χ3v) is 4.64. The van der Waals surface area contributed by atoms with Crippen LogP contribution in [0.3, 0.4) is 0 Å². The molecule has 0 unspecified atom stereocenters. The lowest BCUT2D eigenvalue weighted by Gasteiger charge is -2.13. The van der Waals surface area contributed by atoms with Gasteiger partial charge in [-0.25, -0.2) is 14.4 Å². The molecule has 7 heteroatoms. The molecule has 29 heavy (non-hydrogen) atoms. The van der Waals surface area contributed by atoms with Crippen molar-refractivity contribution >= 4 is 22.8 Å². The highest BCUT2D eigenvalue weighted by molar-refractivity contribution is 5.98. The molecular formula is C22H18FN5O. The molecule has 4 aromatic rings. The Kier molecular flexibility index (Phi) is 4.95. The summed E-state index contributed by atoms with van der Waals surface area (Å²) in [7, 11) is 1.54. The van der Waals surface area contributed by atoms with Crippen molar-refractivity contribution in [3.05, 3.63) is 60.2 Å². The van der Waals surface area contributed by atoms with Gasteiger partial charge in [-0.15, -0.1) is 10.2 Å². The number of rotatable bonds is 4. The Bertz CT molecular complexity index is 1240. The Labute approximate surface area is 167 Å². The first-order chi connectivity index (χ1) is 14.1. The SMILES string of the molecule is CC=Nc1nc(-c2ccccc2F)cc(-c2nnc(OC)c3cnccc23)c1C. The van der Waals surface area contributed by atoms with Crippen LogP contribution in [-0.2, 0) is 0 Å². The van der Waals surface area contributed by atoms with E-state index in [0.717, 1.165) is 21.9 Å². The lowest BCUT2D eigenvalue weighted by Crippen LogP contribution is -1.99. The van der Waals surface area contributed by atoms with Crippen LogP contribution in [0.5, 0.6) is 5.88 Å². The molecule has 0 saturated heterocycles. The predicted octanol–water partition coefficient (Wildman–Crippen LogP) is 4.93. The molecule has 0 amide bonds. The van der Waals surface area contributed by atoms with Gasteiger partial charge in [-0.2, -0.15) is 0 Å². The van der Waals surface area contributed by atoms with Crippen LogP contribution in [-0.4, -0.2) is 33.5 Å². The standard InChI is InChI=1S/C22H18FN5O/c1-4-25-21-13(2)16(11-19(26-21)15-7-5-6-8-18(15)23)20-14-9-10-24-12-17(14)22(29-3)28-27-20/h4-12H,1-3H3. The van der Waals surface area contributed by atoms with Gasteiger partial charge >= 0.3 is 0 Å². The molecule has 0 spiro atoms. The summed E-state index contributed by atoms with van der Waals surface area (Å²) in [6.45, 7) is 3.72. The van der Waals surface area contributed by atoms with E-state index in [4.69, 9.17) is 4.74 Å². The monoisotopic (exact) mass is 387 g/mol. The molecular weight excluding hydrogens is 369 g/mol. The lowest BCUT2D eigenvalue weighted by molar-refractivity contribution is 0.398. The number of benzene rings is 1. The Balaban J connectivity index is 2.04. The van der Waals surface area contributed by atoms with Crippen LogP contribution in [0, 0.1) is 12.7 Å². The highest BCUT2D eigenvalue weighted by Gasteiger charge is 2.18. The normalized spacial score (nSPS) is 11.3.